The van der Waals surface area contributed by atoms with Gasteiger partial charge in [-0.05, 0) is 90.3 Å². The van der Waals surface area contributed by atoms with Crippen molar-refractivity contribution in [3.63, 3.8) is 0 Å². The van der Waals surface area contributed by atoms with E-state index in [-0.39, 0.29) is 18.7 Å². The minimum Gasteiger partial charge on any atom is -0.344 e. The summed E-state index contributed by atoms with van der Waals surface area (Å²) < 4.78 is 0. The lowest BCUT2D eigenvalue weighted by Crippen LogP contribution is -2.57. The van der Waals surface area contributed by atoms with E-state index in [1.165, 1.54) is 0 Å². The van der Waals surface area contributed by atoms with Gasteiger partial charge in [-0.2, -0.15) is 0 Å². The van der Waals surface area contributed by atoms with Crippen molar-refractivity contribution in [1.82, 2.24) is 21.3 Å². The summed E-state index contributed by atoms with van der Waals surface area (Å²) in [5, 5.41) is 10.7. The Bertz CT molecular complexity index is 749. The monoisotopic (exact) mass is 539 g/mol. The van der Waals surface area contributed by atoms with Gasteiger partial charge in [0.1, 0.15) is 18.1 Å². The standard InChI is InChI=1S/C26H49N7O5/c27-16-8-5-11-19-24(36)31-20(12-6-9-17-28)25(37)32-21(13-7-10-18-29)26(38)33-23(35)15-4-2-1-3-14-22(34)30-19/h19-21H,1-18,27-29H2,(H,30,34)(H,31,36)(H,32,37)(H,33,35,38)/t19?,20?,21-/m0/s1. The minimum absolute atomic E-state index is 0.183. The van der Waals surface area contributed by atoms with E-state index in [0.717, 1.165) is 12.8 Å². The Morgan fingerprint density at radius 2 is 0.895 bits per heavy atom. The van der Waals surface area contributed by atoms with Gasteiger partial charge in [0.25, 0.3) is 0 Å². The molecule has 12 nitrogen and oxygen atoms in total. The Morgan fingerprint density at radius 1 is 0.500 bits per heavy atom. The van der Waals surface area contributed by atoms with Gasteiger partial charge in [-0.15, -0.1) is 0 Å². The molecule has 3 atom stereocenters. The van der Waals surface area contributed by atoms with E-state index >= 15 is 0 Å². The normalized spacial score (nSPS) is 23.0. The molecule has 1 saturated heterocycles. The Morgan fingerprint density at radius 3 is 1.34 bits per heavy atom. The van der Waals surface area contributed by atoms with Crippen molar-refractivity contribution in [1.29, 1.82) is 0 Å². The van der Waals surface area contributed by atoms with Gasteiger partial charge in [-0.1, -0.05) is 12.8 Å². The third-order valence-corrected chi connectivity index (χ3v) is 6.58. The highest BCUT2D eigenvalue weighted by Gasteiger charge is 2.29. The summed E-state index contributed by atoms with van der Waals surface area (Å²) in [6.07, 6.45) is 8.00. The average molecular weight is 540 g/mol. The van der Waals surface area contributed by atoms with Crippen LogP contribution in [0, 0.1) is 0 Å². The van der Waals surface area contributed by atoms with Crippen molar-refractivity contribution in [2.75, 3.05) is 19.6 Å². The molecule has 0 aromatic rings. The van der Waals surface area contributed by atoms with Gasteiger partial charge < -0.3 is 33.2 Å². The number of hydrogen-bond donors (Lipinski definition) is 7. The molecule has 5 amide bonds. The van der Waals surface area contributed by atoms with Crippen molar-refractivity contribution in [3.8, 4) is 0 Å². The van der Waals surface area contributed by atoms with Crippen LogP contribution in [-0.2, 0) is 24.0 Å². The predicted molar refractivity (Wildman–Crippen MR) is 145 cm³/mol. The topological polar surface area (TPSA) is 212 Å². The zero-order valence-electron chi connectivity index (χ0n) is 22.7. The van der Waals surface area contributed by atoms with Crippen LogP contribution in [0.3, 0.4) is 0 Å². The molecule has 0 aromatic carbocycles. The lowest BCUT2D eigenvalue weighted by atomic mass is 10.0. The SMILES string of the molecule is NCCCCC1NC(=O)CCCCCCC(=O)NC(=O)[C@H](CCCCN)NC(=O)C(CCCCN)NC1=O. The second-order valence-corrected chi connectivity index (χ2v) is 9.92. The fourth-order valence-electron chi connectivity index (χ4n) is 4.31. The second kappa shape index (κ2) is 20.4. The maximum atomic E-state index is 13.3. The molecule has 1 aliphatic heterocycles. The van der Waals surface area contributed by atoms with Crippen molar-refractivity contribution >= 4 is 29.5 Å². The molecule has 12 heteroatoms. The number of nitrogens with two attached hydrogens (primary N) is 3. The highest BCUT2D eigenvalue weighted by Crippen LogP contribution is 2.10. The number of carbonyl (C=O) groups excluding carboxylic acids is 5. The lowest BCUT2D eigenvalue weighted by Gasteiger charge is -2.25. The number of imide groups is 1. The number of unbranched alkanes of at least 4 members (excludes halogenated alkanes) is 3. The van der Waals surface area contributed by atoms with Crippen LogP contribution in [0.1, 0.15) is 96.3 Å². The molecular weight excluding hydrogens is 490 g/mol. The van der Waals surface area contributed by atoms with Crippen LogP contribution in [0.25, 0.3) is 0 Å². The Kier molecular flexibility index (Phi) is 18.0. The van der Waals surface area contributed by atoms with E-state index < -0.39 is 41.8 Å². The van der Waals surface area contributed by atoms with Gasteiger partial charge in [0.05, 0.1) is 0 Å². The highest BCUT2D eigenvalue weighted by atomic mass is 16.2. The summed E-state index contributed by atoms with van der Waals surface area (Å²) in [5.41, 5.74) is 16.8. The molecule has 0 aliphatic carbocycles. The van der Waals surface area contributed by atoms with Crippen molar-refractivity contribution in [3.05, 3.63) is 0 Å². The Hall–Kier alpha value is -2.57. The van der Waals surface area contributed by atoms with Crippen LogP contribution in [0.2, 0.25) is 0 Å². The number of nitrogens with one attached hydrogen (secondary N) is 4. The molecule has 0 spiro atoms. The van der Waals surface area contributed by atoms with Crippen LogP contribution in [-0.4, -0.2) is 67.3 Å². The van der Waals surface area contributed by atoms with Gasteiger partial charge in [-0.3, -0.25) is 29.3 Å². The fraction of sp³-hybridized carbons (Fsp3) is 0.808. The molecule has 1 fully saturated rings. The Balaban J connectivity index is 3.15. The first kappa shape index (κ1) is 33.5. The van der Waals surface area contributed by atoms with Gasteiger partial charge in [0.2, 0.25) is 29.5 Å². The first-order valence-electron chi connectivity index (χ1n) is 14.2. The number of amides is 5. The Labute approximate surface area is 226 Å². The number of rotatable bonds is 12. The van der Waals surface area contributed by atoms with Crippen molar-refractivity contribution in [2.45, 2.75) is 114 Å². The zero-order chi connectivity index (χ0) is 28.2. The first-order chi connectivity index (χ1) is 18.3. The average Bonchev–Trinajstić information content (AvgIpc) is 2.88. The molecule has 1 heterocycles. The van der Waals surface area contributed by atoms with E-state index in [1.54, 1.807) is 0 Å². The summed E-state index contributed by atoms with van der Waals surface area (Å²) in [6, 6.07) is -2.66. The molecule has 38 heavy (non-hydrogen) atoms. The van der Waals surface area contributed by atoms with Crippen molar-refractivity contribution < 1.29 is 24.0 Å². The zero-order valence-corrected chi connectivity index (χ0v) is 22.7. The van der Waals surface area contributed by atoms with E-state index in [2.05, 4.69) is 21.3 Å². The molecule has 0 aromatic heterocycles. The maximum Gasteiger partial charge on any atom is 0.249 e. The molecule has 10 N–H and O–H groups in total. The first-order valence-corrected chi connectivity index (χ1v) is 14.2. The highest BCUT2D eigenvalue weighted by molar-refractivity contribution is 6.00. The second-order valence-electron chi connectivity index (χ2n) is 9.92. The third kappa shape index (κ3) is 14.4. The molecule has 1 aliphatic rings. The van der Waals surface area contributed by atoms with Crippen molar-refractivity contribution in [2.24, 2.45) is 17.2 Å². The lowest BCUT2D eigenvalue weighted by molar-refractivity contribution is -0.136. The quantitative estimate of drug-likeness (QED) is 0.130. The molecule has 0 radical (unpaired) electrons. The van der Waals surface area contributed by atoms with Gasteiger partial charge in [-0.25, -0.2) is 0 Å². The van der Waals surface area contributed by atoms with Crippen LogP contribution in [0.15, 0.2) is 0 Å². The summed E-state index contributed by atoms with van der Waals surface area (Å²) >= 11 is 0. The van der Waals surface area contributed by atoms with E-state index in [4.69, 9.17) is 17.2 Å². The molecule has 218 valence electrons. The molecular formula is C26H49N7O5. The number of hydrogen-bond acceptors (Lipinski definition) is 8. The fourth-order valence-corrected chi connectivity index (χ4v) is 4.31. The van der Waals surface area contributed by atoms with Gasteiger partial charge >= 0.3 is 0 Å². The summed E-state index contributed by atoms with van der Waals surface area (Å²) in [5.74, 6) is -2.18. The van der Waals surface area contributed by atoms with Gasteiger partial charge in [0.15, 0.2) is 0 Å². The van der Waals surface area contributed by atoms with E-state index in [1.807, 2.05) is 0 Å². The van der Waals surface area contributed by atoms with Crippen LogP contribution in [0.5, 0.6) is 0 Å². The van der Waals surface area contributed by atoms with E-state index in [9.17, 15) is 24.0 Å². The summed E-state index contributed by atoms with van der Waals surface area (Å²) in [4.78, 5) is 64.3. The predicted octanol–water partition coefficient (Wildman–Crippen LogP) is -0.175. The molecule has 0 bridgehead atoms. The van der Waals surface area contributed by atoms with Crippen LogP contribution >= 0.6 is 0 Å². The van der Waals surface area contributed by atoms with E-state index in [0.29, 0.717) is 90.3 Å². The molecule has 1 rings (SSSR count). The van der Waals surface area contributed by atoms with Gasteiger partial charge in [0, 0.05) is 12.8 Å². The van der Waals surface area contributed by atoms with Crippen LogP contribution < -0.4 is 38.5 Å². The minimum atomic E-state index is -0.939. The maximum absolute atomic E-state index is 13.3. The molecule has 0 saturated carbocycles. The van der Waals surface area contributed by atoms with Crippen LogP contribution in [0.4, 0.5) is 0 Å². The molecule has 2 unspecified atom stereocenters. The smallest absolute Gasteiger partial charge is 0.249 e. The summed E-state index contributed by atoms with van der Waals surface area (Å²) in [7, 11) is 0. The number of carbonyl (C=O) groups is 5. The largest absolute Gasteiger partial charge is 0.344 e. The third-order valence-electron chi connectivity index (χ3n) is 6.58. The summed E-state index contributed by atoms with van der Waals surface area (Å²) in [6.45, 7) is 1.35.